The molecule has 1 aliphatic rings. The Hall–Kier alpha value is -1.76. The van der Waals surface area contributed by atoms with Gasteiger partial charge in [0.15, 0.2) is 0 Å². The third-order valence-electron chi connectivity index (χ3n) is 4.02. The van der Waals surface area contributed by atoms with E-state index >= 15 is 0 Å². The van der Waals surface area contributed by atoms with E-state index in [1.807, 2.05) is 0 Å². The first kappa shape index (κ1) is 12.3. The minimum Gasteiger partial charge on any atom is -0.378 e. The highest BCUT2D eigenvalue weighted by molar-refractivity contribution is 5.59. The predicted octanol–water partition coefficient (Wildman–Crippen LogP) is 4.83. The fraction of sp³-hybridized carbons (Fsp3) is 0.333. The lowest BCUT2D eigenvalue weighted by Gasteiger charge is -2.13. The van der Waals surface area contributed by atoms with Crippen molar-refractivity contribution in [1.82, 2.24) is 0 Å². The Balaban J connectivity index is 1.82. The summed E-state index contributed by atoms with van der Waals surface area (Å²) in [5.41, 5.74) is 6.88. The maximum Gasteiger partial charge on any atom is 0.0555 e. The predicted molar refractivity (Wildman–Crippen MR) is 81.8 cm³/mol. The number of hydrogen-bond donors (Lipinski definition) is 1. The largest absolute Gasteiger partial charge is 0.378 e. The Morgan fingerprint density at radius 3 is 2.47 bits per heavy atom. The van der Waals surface area contributed by atoms with Crippen molar-refractivity contribution >= 4 is 5.69 Å². The van der Waals surface area contributed by atoms with Crippen LogP contribution in [0.25, 0.3) is 0 Å². The van der Waals surface area contributed by atoms with Gasteiger partial charge in [-0.2, -0.15) is 0 Å². The summed E-state index contributed by atoms with van der Waals surface area (Å²) in [6.45, 7) is 6.63. The smallest absolute Gasteiger partial charge is 0.0555 e. The van der Waals surface area contributed by atoms with Crippen molar-refractivity contribution in [3.05, 3.63) is 64.7 Å². The fourth-order valence-electron chi connectivity index (χ4n) is 2.81. The van der Waals surface area contributed by atoms with Crippen LogP contribution in [0.15, 0.2) is 42.5 Å². The summed E-state index contributed by atoms with van der Waals surface area (Å²) >= 11 is 0. The van der Waals surface area contributed by atoms with Gasteiger partial charge in [-0.3, -0.25) is 0 Å². The van der Waals surface area contributed by atoms with Crippen LogP contribution < -0.4 is 5.32 Å². The molecule has 19 heavy (non-hydrogen) atoms. The normalized spacial score (nSPS) is 17.4. The van der Waals surface area contributed by atoms with Crippen molar-refractivity contribution in [3.8, 4) is 0 Å². The third kappa shape index (κ3) is 2.37. The van der Waals surface area contributed by atoms with Crippen molar-refractivity contribution in [2.24, 2.45) is 0 Å². The van der Waals surface area contributed by atoms with Crippen molar-refractivity contribution in [3.63, 3.8) is 0 Å². The van der Waals surface area contributed by atoms with E-state index in [1.165, 1.54) is 27.9 Å². The van der Waals surface area contributed by atoms with Gasteiger partial charge in [-0.25, -0.2) is 0 Å². The first-order valence-corrected chi connectivity index (χ1v) is 7.09. The second-order valence-electron chi connectivity index (χ2n) is 5.88. The molecule has 1 unspecified atom stereocenters. The Morgan fingerprint density at radius 1 is 1.05 bits per heavy atom. The van der Waals surface area contributed by atoms with Crippen LogP contribution in [0.5, 0.6) is 0 Å². The van der Waals surface area contributed by atoms with Gasteiger partial charge >= 0.3 is 0 Å². The van der Waals surface area contributed by atoms with Crippen LogP contribution in [-0.4, -0.2) is 0 Å². The van der Waals surface area contributed by atoms with Crippen LogP contribution in [0.3, 0.4) is 0 Å². The molecule has 0 amide bonds. The number of aryl methyl sites for hydroxylation is 1. The quantitative estimate of drug-likeness (QED) is 0.806. The van der Waals surface area contributed by atoms with E-state index in [0.29, 0.717) is 12.0 Å². The van der Waals surface area contributed by atoms with Gasteiger partial charge in [0.2, 0.25) is 0 Å². The molecule has 1 heterocycles. The summed E-state index contributed by atoms with van der Waals surface area (Å²) < 4.78 is 0. The second-order valence-corrected chi connectivity index (χ2v) is 5.88. The van der Waals surface area contributed by atoms with Crippen LogP contribution in [0.4, 0.5) is 5.69 Å². The standard InChI is InChI=1S/C18H21N/c1-12(2)14-5-7-15(8-6-14)18-11-16-10-13(3)4-9-17(16)19-18/h4-10,12,18-19H,11H2,1-3H3. The molecule has 1 nitrogen and oxygen atoms in total. The zero-order chi connectivity index (χ0) is 13.4. The maximum absolute atomic E-state index is 3.63. The van der Waals surface area contributed by atoms with E-state index in [4.69, 9.17) is 0 Å². The summed E-state index contributed by atoms with van der Waals surface area (Å²) in [6.07, 6.45) is 1.10. The molecule has 0 saturated heterocycles. The molecular weight excluding hydrogens is 230 g/mol. The van der Waals surface area contributed by atoms with E-state index in [9.17, 15) is 0 Å². The highest BCUT2D eigenvalue weighted by Gasteiger charge is 2.21. The molecule has 0 bridgehead atoms. The number of hydrogen-bond acceptors (Lipinski definition) is 1. The molecular formula is C18H21N. The Morgan fingerprint density at radius 2 is 1.79 bits per heavy atom. The van der Waals surface area contributed by atoms with Gasteiger partial charge in [0.05, 0.1) is 6.04 Å². The number of fused-ring (bicyclic) bond motifs is 1. The molecule has 0 aromatic heterocycles. The van der Waals surface area contributed by atoms with Gasteiger partial charge in [0.25, 0.3) is 0 Å². The van der Waals surface area contributed by atoms with E-state index in [2.05, 4.69) is 68.6 Å². The molecule has 0 spiro atoms. The lowest BCUT2D eigenvalue weighted by molar-refractivity contribution is 0.816. The highest BCUT2D eigenvalue weighted by atomic mass is 14.9. The fourth-order valence-corrected chi connectivity index (χ4v) is 2.81. The molecule has 98 valence electrons. The van der Waals surface area contributed by atoms with Gasteiger partial charge in [0, 0.05) is 5.69 Å². The van der Waals surface area contributed by atoms with Crippen LogP contribution in [0.2, 0.25) is 0 Å². The first-order valence-electron chi connectivity index (χ1n) is 7.09. The van der Waals surface area contributed by atoms with Crippen molar-refractivity contribution in [1.29, 1.82) is 0 Å². The summed E-state index contributed by atoms with van der Waals surface area (Å²) in [5.74, 6) is 0.602. The average Bonchev–Trinajstić information content (AvgIpc) is 2.81. The van der Waals surface area contributed by atoms with Gasteiger partial charge in [0.1, 0.15) is 0 Å². The van der Waals surface area contributed by atoms with Gasteiger partial charge in [-0.15, -0.1) is 0 Å². The molecule has 1 N–H and O–H groups in total. The summed E-state index contributed by atoms with van der Waals surface area (Å²) in [5, 5.41) is 3.63. The molecule has 1 atom stereocenters. The van der Waals surface area contributed by atoms with Crippen LogP contribution in [-0.2, 0) is 6.42 Å². The van der Waals surface area contributed by atoms with Crippen LogP contribution in [0, 0.1) is 6.92 Å². The molecule has 0 saturated carbocycles. The number of rotatable bonds is 2. The maximum atomic E-state index is 3.63. The summed E-state index contributed by atoms with van der Waals surface area (Å²) in [6, 6.07) is 16.2. The minimum atomic E-state index is 0.429. The lowest BCUT2D eigenvalue weighted by Crippen LogP contribution is -2.05. The number of benzene rings is 2. The molecule has 0 aliphatic carbocycles. The highest BCUT2D eigenvalue weighted by Crippen LogP contribution is 2.34. The Labute approximate surface area is 115 Å². The monoisotopic (exact) mass is 251 g/mol. The van der Waals surface area contributed by atoms with Crippen LogP contribution in [0.1, 0.15) is 48.1 Å². The van der Waals surface area contributed by atoms with Gasteiger partial charge in [-0.1, -0.05) is 55.8 Å². The van der Waals surface area contributed by atoms with E-state index in [0.717, 1.165) is 6.42 Å². The molecule has 3 rings (SSSR count). The average molecular weight is 251 g/mol. The van der Waals surface area contributed by atoms with E-state index in [1.54, 1.807) is 0 Å². The Kier molecular flexibility index (Phi) is 3.06. The van der Waals surface area contributed by atoms with E-state index < -0.39 is 0 Å². The first-order chi connectivity index (χ1) is 9.13. The topological polar surface area (TPSA) is 12.0 Å². The molecule has 0 radical (unpaired) electrons. The molecule has 2 aromatic rings. The molecule has 0 fully saturated rings. The lowest BCUT2D eigenvalue weighted by atomic mass is 9.97. The Bertz CT molecular complexity index is 581. The molecule has 2 aromatic carbocycles. The van der Waals surface area contributed by atoms with Gasteiger partial charge < -0.3 is 5.32 Å². The second kappa shape index (κ2) is 4.73. The van der Waals surface area contributed by atoms with Gasteiger partial charge in [-0.05, 0) is 42.0 Å². The zero-order valence-electron chi connectivity index (χ0n) is 11.9. The third-order valence-corrected chi connectivity index (χ3v) is 4.02. The zero-order valence-corrected chi connectivity index (χ0v) is 11.9. The molecule has 1 aliphatic heterocycles. The van der Waals surface area contributed by atoms with Crippen LogP contribution >= 0.6 is 0 Å². The van der Waals surface area contributed by atoms with Crippen molar-refractivity contribution in [2.45, 2.75) is 39.2 Å². The number of nitrogens with one attached hydrogen (secondary N) is 1. The molecule has 1 heteroatoms. The van der Waals surface area contributed by atoms with Crippen molar-refractivity contribution < 1.29 is 0 Å². The summed E-state index contributed by atoms with van der Waals surface area (Å²) in [4.78, 5) is 0. The van der Waals surface area contributed by atoms with Crippen molar-refractivity contribution in [2.75, 3.05) is 5.32 Å². The van der Waals surface area contributed by atoms with E-state index in [-0.39, 0.29) is 0 Å². The SMILES string of the molecule is Cc1ccc2c(c1)CC(c1ccc(C(C)C)cc1)N2. The summed E-state index contributed by atoms with van der Waals surface area (Å²) in [7, 11) is 0. The minimum absolute atomic E-state index is 0.429. The number of anilines is 1.